The molecule has 102 valence electrons. The Morgan fingerprint density at radius 2 is 2.11 bits per heavy atom. The van der Waals surface area contributed by atoms with E-state index in [4.69, 9.17) is 5.73 Å². The van der Waals surface area contributed by atoms with Gasteiger partial charge in [-0.1, -0.05) is 13.8 Å². The summed E-state index contributed by atoms with van der Waals surface area (Å²) < 4.78 is 15.8. The first-order chi connectivity index (χ1) is 8.99. The van der Waals surface area contributed by atoms with Crippen LogP contribution in [0.5, 0.6) is 0 Å². The molecule has 6 heteroatoms. The standard InChI is InChI=1S/C13H18FN5/c1-8(2)4-5-19-13(16-17-18-19)11-7-10(15)6-9(3)12(11)14/h6-8H,4-5,15H2,1-3H3. The van der Waals surface area contributed by atoms with Crippen molar-refractivity contribution >= 4 is 5.69 Å². The minimum atomic E-state index is -0.324. The zero-order valence-corrected chi connectivity index (χ0v) is 11.4. The van der Waals surface area contributed by atoms with Crippen molar-refractivity contribution in [2.75, 3.05) is 5.73 Å². The highest BCUT2D eigenvalue weighted by Crippen LogP contribution is 2.25. The van der Waals surface area contributed by atoms with Crippen LogP contribution in [0, 0.1) is 18.7 Å². The number of halogens is 1. The third kappa shape index (κ3) is 2.89. The van der Waals surface area contributed by atoms with E-state index in [-0.39, 0.29) is 5.82 Å². The first kappa shape index (κ1) is 13.5. The molecule has 2 aromatic rings. The molecule has 5 nitrogen and oxygen atoms in total. The fourth-order valence-electron chi connectivity index (χ4n) is 1.89. The summed E-state index contributed by atoms with van der Waals surface area (Å²) in [4.78, 5) is 0. The molecule has 0 saturated heterocycles. The number of aromatic nitrogens is 4. The number of benzene rings is 1. The Bertz CT molecular complexity index is 576. The van der Waals surface area contributed by atoms with Crippen LogP contribution in [0.15, 0.2) is 12.1 Å². The van der Waals surface area contributed by atoms with Gasteiger partial charge in [0.05, 0.1) is 5.56 Å². The third-order valence-electron chi connectivity index (χ3n) is 2.97. The van der Waals surface area contributed by atoms with Crippen LogP contribution in [0.2, 0.25) is 0 Å². The average Bonchev–Trinajstić information content (AvgIpc) is 2.79. The van der Waals surface area contributed by atoms with Crippen molar-refractivity contribution in [3.63, 3.8) is 0 Å². The van der Waals surface area contributed by atoms with Crippen molar-refractivity contribution in [1.29, 1.82) is 0 Å². The van der Waals surface area contributed by atoms with Gasteiger partial charge in [-0.3, -0.25) is 0 Å². The molecular weight excluding hydrogens is 245 g/mol. The highest BCUT2D eigenvalue weighted by molar-refractivity contribution is 5.63. The van der Waals surface area contributed by atoms with Gasteiger partial charge in [-0.05, 0) is 47.4 Å². The smallest absolute Gasteiger partial charge is 0.185 e. The van der Waals surface area contributed by atoms with Gasteiger partial charge in [0.1, 0.15) is 5.82 Å². The van der Waals surface area contributed by atoms with E-state index < -0.39 is 0 Å². The lowest BCUT2D eigenvalue weighted by molar-refractivity contribution is 0.480. The lowest BCUT2D eigenvalue weighted by Crippen LogP contribution is -2.07. The largest absolute Gasteiger partial charge is 0.399 e. The summed E-state index contributed by atoms with van der Waals surface area (Å²) in [7, 11) is 0. The van der Waals surface area contributed by atoms with E-state index in [1.807, 2.05) is 0 Å². The second-order valence-corrected chi connectivity index (χ2v) is 5.11. The number of hydrogen-bond donors (Lipinski definition) is 1. The molecule has 0 saturated carbocycles. The maximum Gasteiger partial charge on any atom is 0.185 e. The van der Waals surface area contributed by atoms with Gasteiger partial charge in [-0.15, -0.1) is 5.10 Å². The molecule has 19 heavy (non-hydrogen) atoms. The minimum Gasteiger partial charge on any atom is -0.399 e. The van der Waals surface area contributed by atoms with Crippen LogP contribution in [0.3, 0.4) is 0 Å². The van der Waals surface area contributed by atoms with Crippen LogP contribution in [0.25, 0.3) is 11.4 Å². The van der Waals surface area contributed by atoms with E-state index >= 15 is 0 Å². The van der Waals surface area contributed by atoms with Gasteiger partial charge in [0, 0.05) is 12.2 Å². The van der Waals surface area contributed by atoms with Crippen LogP contribution in [0.1, 0.15) is 25.8 Å². The molecule has 0 bridgehead atoms. The number of rotatable bonds is 4. The lowest BCUT2D eigenvalue weighted by Gasteiger charge is -2.09. The molecule has 1 heterocycles. The molecule has 0 atom stereocenters. The van der Waals surface area contributed by atoms with Gasteiger partial charge < -0.3 is 5.73 Å². The van der Waals surface area contributed by atoms with E-state index in [1.54, 1.807) is 23.7 Å². The summed E-state index contributed by atoms with van der Waals surface area (Å²) in [5.41, 5.74) is 7.12. The van der Waals surface area contributed by atoms with E-state index in [0.29, 0.717) is 35.1 Å². The minimum absolute atomic E-state index is 0.324. The molecule has 0 unspecified atom stereocenters. The zero-order chi connectivity index (χ0) is 14.0. The Hall–Kier alpha value is -1.98. The fraction of sp³-hybridized carbons (Fsp3) is 0.462. The zero-order valence-electron chi connectivity index (χ0n) is 11.4. The summed E-state index contributed by atoms with van der Waals surface area (Å²) in [5, 5.41) is 11.5. The van der Waals surface area contributed by atoms with Crippen LogP contribution in [-0.4, -0.2) is 20.2 Å². The second-order valence-electron chi connectivity index (χ2n) is 5.11. The Labute approximate surface area is 111 Å². The quantitative estimate of drug-likeness (QED) is 0.860. The summed E-state index contributed by atoms with van der Waals surface area (Å²) in [5.74, 6) is 0.632. The van der Waals surface area contributed by atoms with Gasteiger partial charge in [-0.25, -0.2) is 9.07 Å². The molecule has 0 radical (unpaired) electrons. The average molecular weight is 263 g/mol. The summed E-state index contributed by atoms with van der Waals surface area (Å²) in [6, 6.07) is 3.17. The normalized spacial score (nSPS) is 11.2. The molecule has 0 aliphatic carbocycles. The third-order valence-corrected chi connectivity index (χ3v) is 2.97. The Kier molecular flexibility index (Phi) is 3.78. The van der Waals surface area contributed by atoms with E-state index in [1.165, 1.54) is 0 Å². The molecule has 2 rings (SSSR count). The number of hydrogen-bond acceptors (Lipinski definition) is 4. The number of nitrogens with two attached hydrogens (primary N) is 1. The predicted octanol–water partition coefficient (Wildman–Crippen LogP) is 2.42. The van der Waals surface area contributed by atoms with Crippen molar-refractivity contribution in [3.8, 4) is 11.4 Å². The van der Waals surface area contributed by atoms with Gasteiger partial charge in [-0.2, -0.15) is 0 Å². The number of aryl methyl sites for hydroxylation is 2. The van der Waals surface area contributed by atoms with Crippen LogP contribution in [-0.2, 0) is 6.54 Å². The van der Waals surface area contributed by atoms with E-state index in [2.05, 4.69) is 29.4 Å². The number of nitrogen functional groups attached to an aromatic ring is 1. The summed E-state index contributed by atoms with van der Waals surface area (Å²) >= 11 is 0. The molecule has 0 amide bonds. The van der Waals surface area contributed by atoms with E-state index in [0.717, 1.165) is 6.42 Å². The van der Waals surface area contributed by atoms with Crippen LogP contribution < -0.4 is 5.73 Å². The summed E-state index contributed by atoms with van der Waals surface area (Å²) in [6.45, 7) is 6.58. The lowest BCUT2D eigenvalue weighted by atomic mass is 10.1. The van der Waals surface area contributed by atoms with Gasteiger partial charge in [0.25, 0.3) is 0 Å². The molecule has 2 N–H and O–H groups in total. The molecule has 0 aliphatic heterocycles. The monoisotopic (exact) mass is 263 g/mol. The first-order valence-electron chi connectivity index (χ1n) is 6.31. The van der Waals surface area contributed by atoms with Crippen molar-refractivity contribution < 1.29 is 4.39 Å². The molecule has 0 aliphatic rings. The molecule has 0 spiro atoms. The van der Waals surface area contributed by atoms with Crippen LogP contribution >= 0.6 is 0 Å². The Balaban J connectivity index is 2.40. The van der Waals surface area contributed by atoms with E-state index in [9.17, 15) is 4.39 Å². The van der Waals surface area contributed by atoms with Crippen molar-refractivity contribution in [3.05, 3.63) is 23.5 Å². The van der Waals surface area contributed by atoms with Crippen molar-refractivity contribution in [2.45, 2.75) is 33.7 Å². The second kappa shape index (κ2) is 5.34. The predicted molar refractivity (Wildman–Crippen MR) is 71.8 cm³/mol. The highest BCUT2D eigenvalue weighted by Gasteiger charge is 2.16. The molecule has 0 fully saturated rings. The van der Waals surface area contributed by atoms with Crippen molar-refractivity contribution in [2.24, 2.45) is 5.92 Å². The topological polar surface area (TPSA) is 69.6 Å². The van der Waals surface area contributed by atoms with Gasteiger partial charge >= 0.3 is 0 Å². The number of anilines is 1. The summed E-state index contributed by atoms with van der Waals surface area (Å²) in [6.07, 6.45) is 0.932. The maximum atomic E-state index is 14.2. The number of nitrogens with zero attached hydrogens (tertiary/aromatic N) is 4. The first-order valence-corrected chi connectivity index (χ1v) is 6.31. The maximum absolute atomic E-state index is 14.2. The van der Waals surface area contributed by atoms with Gasteiger partial charge in [0.2, 0.25) is 0 Å². The molecule has 1 aromatic carbocycles. The van der Waals surface area contributed by atoms with Crippen molar-refractivity contribution in [1.82, 2.24) is 20.2 Å². The number of tetrazole rings is 1. The molecule has 1 aromatic heterocycles. The van der Waals surface area contributed by atoms with Gasteiger partial charge in [0.15, 0.2) is 5.82 Å². The SMILES string of the molecule is Cc1cc(N)cc(-c2nnnn2CCC(C)C)c1F. The fourth-order valence-corrected chi connectivity index (χ4v) is 1.89. The van der Waals surface area contributed by atoms with Crippen LogP contribution in [0.4, 0.5) is 10.1 Å². The Morgan fingerprint density at radius 1 is 1.37 bits per heavy atom. The highest BCUT2D eigenvalue weighted by atomic mass is 19.1. The Morgan fingerprint density at radius 3 is 2.79 bits per heavy atom. The molecular formula is C13H18FN5.